The Morgan fingerprint density at radius 1 is 1.38 bits per heavy atom. The van der Waals surface area contributed by atoms with Crippen LogP contribution in [0.15, 0.2) is 48.2 Å². The molecule has 2 aromatic carbocycles. The largest absolute Gasteiger partial charge is 0.506 e. The number of aromatic amines is 1. The average Bonchev–Trinajstić information content (AvgIpc) is 3.12. The number of halogens is 1. The first-order valence-electron chi connectivity index (χ1n) is 8.52. The van der Waals surface area contributed by atoms with Crippen LogP contribution in [0.5, 0.6) is 5.75 Å². The number of hydrogen-bond acceptors (Lipinski definition) is 5. The predicted molar refractivity (Wildman–Crippen MR) is 116 cm³/mol. The zero-order valence-electron chi connectivity index (χ0n) is 15.0. The molecule has 1 heterocycles. The van der Waals surface area contributed by atoms with E-state index in [9.17, 15) is 25.3 Å². The Balaban J connectivity index is 1.74. The van der Waals surface area contributed by atoms with Gasteiger partial charge in [0.1, 0.15) is 17.4 Å². The third-order valence-corrected chi connectivity index (χ3v) is 5.13. The molecule has 1 amide bonds. The normalized spacial score (nSPS) is 11.2. The number of rotatable bonds is 6. The van der Waals surface area contributed by atoms with Crippen LogP contribution in [-0.2, 0) is 11.2 Å². The summed E-state index contributed by atoms with van der Waals surface area (Å²) in [5, 5.41) is 34.2. The summed E-state index contributed by atoms with van der Waals surface area (Å²) in [6.45, 7) is 0.304. The second kappa shape index (κ2) is 8.74. The van der Waals surface area contributed by atoms with Gasteiger partial charge in [-0.1, -0.05) is 18.2 Å². The Kier molecular flexibility index (Phi) is 6.13. The first-order chi connectivity index (χ1) is 13.9. The van der Waals surface area contributed by atoms with Gasteiger partial charge in [0.25, 0.3) is 11.6 Å². The van der Waals surface area contributed by atoms with Crippen molar-refractivity contribution in [2.45, 2.75) is 6.42 Å². The Bertz CT molecular complexity index is 1180. The smallest absolute Gasteiger partial charge is 0.271 e. The van der Waals surface area contributed by atoms with E-state index < -0.39 is 10.8 Å². The molecule has 0 saturated heterocycles. The van der Waals surface area contributed by atoms with Crippen molar-refractivity contribution in [2.75, 3.05) is 6.54 Å². The number of fused-ring (bicyclic) bond motifs is 1. The van der Waals surface area contributed by atoms with Gasteiger partial charge in [0, 0.05) is 41.3 Å². The molecule has 9 heteroatoms. The zero-order valence-corrected chi connectivity index (χ0v) is 17.1. The van der Waals surface area contributed by atoms with Crippen LogP contribution >= 0.6 is 22.6 Å². The van der Waals surface area contributed by atoms with Crippen molar-refractivity contribution in [1.82, 2.24) is 10.3 Å². The summed E-state index contributed by atoms with van der Waals surface area (Å²) in [7, 11) is 0. The van der Waals surface area contributed by atoms with Crippen LogP contribution in [0.4, 0.5) is 5.69 Å². The maximum absolute atomic E-state index is 12.4. The molecule has 29 heavy (non-hydrogen) atoms. The van der Waals surface area contributed by atoms with Gasteiger partial charge < -0.3 is 15.4 Å². The molecule has 1 aromatic heterocycles. The number of amides is 1. The van der Waals surface area contributed by atoms with E-state index in [0.717, 1.165) is 28.6 Å². The lowest BCUT2D eigenvalue weighted by Gasteiger charge is -2.06. The summed E-state index contributed by atoms with van der Waals surface area (Å²) in [5.74, 6) is -0.844. The molecule has 0 spiro atoms. The number of nitro groups is 1. The first kappa shape index (κ1) is 20.3. The summed E-state index contributed by atoms with van der Waals surface area (Å²) >= 11 is 1.75. The van der Waals surface area contributed by atoms with Crippen LogP contribution < -0.4 is 5.32 Å². The van der Waals surface area contributed by atoms with Crippen molar-refractivity contribution in [1.29, 1.82) is 5.26 Å². The molecule has 0 bridgehead atoms. The van der Waals surface area contributed by atoms with E-state index in [-0.39, 0.29) is 26.1 Å². The lowest BCUT2D eigenvalue weighted by molar-refractivity contribution is -0.385. The molecule has 0 fully saturated rings. The Labute approximate surface area is 179 Å². The zero-order chi connectivity index (χ0) is 21.0. The number of nitriles is 1. The lowest BCUT2D eigenvalue weighted by Crippen LogP contribution is -2.26. The quantitative estimate of drug-likeness (QED) is 0.156. The maximum atomic E-state index is 12.4. The van der Waals surface area contributed by atoms with Gasteiger partial charge in [-0.05, 0) is 46.7 Å². The van der Waals surface area contributed by atoms with Crippen molar-refractivity contribution >= 4 is 51.2 Å². The van der Waals surface area contributed by atoms with Crippen LogP contribution in [0.1, 0.15) is 11.1 Å². The first-order valence-corrected chi connectivity index (χ1v) is 9.60. The number of aromatic hydroxyl groups is 1. The number of nitro benzene ring substituents is 1. The van der Waals surface area contributed by atoms with Gasteiger partial charge in [-0.15, -0.1) is 0 Å². The van der Waals surface area contributed by atoms with Crippen molar-refractivity contribution < 1.29 is 14.8 Å². The van der Waals surface area contributed by atoms with Crippen molar-refractivity contribution in [2.24, 2.45) is 0 Å². The van der Waals surface area contributed by atoms with E-state index in [0.29, 0.717) is 13.0 Å². The summed E-state index contributed by atoms with van der Waals surface area (Å²) < 4.78 is 0.250. The van der Waals surface area contributed by atoms with Crippen LogP contribution in [0.25, 0.3) is 17.0 Å². The highest BCUT2D eigenvalue weighted by molar-refractivity contribution is 14.1. The predicted octanol–water partition coefficient (Wildman–Crippen LogP) is 3.65. The number of phenolic OH excluding ortho intramolecular Hbond substituents is 1. The standard InChI is InChI=1S/C20H15IN4O4/c21-17-9-15(25(28)29)8-13(19(17)26)7-14(10-22)20(27)23-6-5-12-11-24-18-4-2-1-3-16(12)18/h1-4,7-9,11,24,26H,5-6H2,(H,23,27)/b14-7-. The Morgan fingerprint density at radius 3 is 2.86 bits per heavy atom. The highest BCUT2D eigenvalue weighted by Crippen LogP contribution is 2.31. The number of carbonyl (C=O) groups excluding carboxylic acids is 1. The molecule has 3 N–H and O–H groups in total. The minimum atomic E-state index is -0.617. The molecular formula is C20H15IN4O4. The fourth-order valence-electron chi connectivity index (χ4n) is 2.87. The van der Waals surface area contributed by atoms with Crippen LogP contribution in [0.2, 0.25) is 0 Å². The number of carbonyl (C=O) groups is 1. The average molecular weight is 502 g/mol. The van der Waals surface area contributed by atoms with Crippen LogP contribution in [0, 0.1) is 25.0 Å². The monoisotopic (exact) mass is 502 g/mol. The number of hydrogen-bond donors (Lipinski definition) is 3. The summed E-state index contributed by atoms with van der Waals surface area (Å²) in [6.07, 6.45) is 3.58. The molecule has 3 aromatic rings. The van der Waals surface area contributed by atoms with E-state index in [1.54, 1.807) is 28.7 Å². The molecule has 0 aliphatic heterocycles. The number of aromatic nitrogens is 1. The Morgan fingerprint density at radius 2 is 2.14 bits per heavy atom. The lowest BCUT2D eigenvalue weighted by atomic mass is 10.1. The minimum Gasteiger partial charge on any atom is -0.506 e. The summed E-state index contributed by atoms with van der Waals surface area (Å²) in [5.41, 5.74) is 1.58. The molecular weight excluding hydrogens is 487 g/mol. The third kappa shape index (κ3) is 4.55. The number of phenols is 1. The highest BCUT2D eigenvalue weighted by Gasteiger charge is 2.16. The fraction of sp³-hybridized carbons (Fsp3) is 0.100. The topological polar surface area (TPSA) is 132 Å². The number of H-pyrrole nitrogens is 1. The molecule has 0 aliphatic rings. The third-order valence-electron chi connectivity index (χ3n) is 4.31. The van der Waals surface area contributed by atoms with E-state index in [4.69, 9.17) is 0 Å². The molecule has 0 unspecified atom stereocenters. The second-order valence-corrected chi connectivity index (χ2v) is 7.32. The van der Waals surface area contributed by atoms with E-state index in [1.807, 2.05) is 30.5 Å². The fourth-order valence-corrected chi connectivity index (χ4v) is 3.50. The molecule has 3 rings (SSSR count). The van der Waals surface area contributed by atoms with Gasteiger partial charge in [0.05, 0.1) is 8.49 Å². The molecule has 0 atom stereocenters. The van der Waals surface area contributed by atoms with E-state index in [2.05, 4.69) is 10.3 Å². The Hall–Kier alpha value is -3.39. The minimum absolute atomic E-state index is 0.0342. The molecule has 0 saturated carbocycles. The molecule has 146 valence electrons. The maximum Gasteiger partial charge on any atom is 0.271 e. The van der Waals surface area contributed by atoms with Gasteiger partial charge in [-0.3, -0.25) is 14.9 Å². The van der Waals surface area contributed by atoms with Crippen molar-refractivity contribution in [3.05, 3.63) is 73.0 Å². The molecule has 8 nitrogen and oxygen atoms in total. The van der Waals surface area contributed by atoms with Gasteiger partial charge in [-0.2, -0.15) is 5.26 Å². The van der Waals surface area contributed by atoms with Gasteiger partial charge in [0.2, 0.25) is 0 Å². The van der Waals surface area contributed by atoms with Gasteiger partial charge in [0.15, 0.2) is 0 Å². The number of nitrogens with one attached hydrogen (secondary N) is 2. The number of nitrogens with zero attached hydrogens (tertiary/aromatic N) is 2. The van der Waals surface area contributed by atoms with Crippen molar-refractivity contribution in [3.8, 4) is 11.8 Å². The number of para-hydroxylation sites is 1. The van der Waals surface area contributed by atoms with Gasteiger partial charge >= 0.3 is 0 Å². The summed E-state index contributed by atoms with van der Waals surface area (Å²) in [6, 6.07) is 11.9. The second-order valence-electron chi connectivity index (χ2n) is 6.16. The van der Waals surface area contributed by atoms with Crippen LogP contribution in [0.3, 0.4) is 0 Å². The van der Waals surface area contributed by atoms with Crippen molar-refractivity contribution in [3.63, 3.8) is 0 Å². The molecule has 0 aliphatic carbocycles. The number of benzene rings is 2. The SMILES string of the molecule is N#C/C(=C/c1cc([N+](=O)[O-])cc(I)c1O)C(=O)NCCc1c[nH]c2ccccc12. The highest BCUT2D eigenvalue weighted by atomic mass is 127. The van der Waals surface area contributed by atoms with Crippen LogP contribution in [-0.4, -0.2) is 27.5 Å². The summed E-state index contributed by atoms with van der Waals surface area (Å²) in [4.78, 5) is 25.9. The van der Waals surface area contributed by atoms with E-state index in [1.165, 1.54) is 6.07 Å². The van der Waals surface area contributed by atoms with E-state index >= 15 is 0 Å². The molecule has 0 radical (unpaired) electrons. The van der Waals surface area contributed by atoms with Gasteiger partial charge in [-0.25, -0.2) is 0 Å². The number of non-ortho nitro benzene ring substituents is 1.